The first-order chi connectivity index (χ1) is 16.9. The van der Waals surface area contributed by atoms with Crippen LogP contribution < -0.4 is 16.0 Å². The van der Waals surface area contributed by atoms with Gasteiger partial charge < -0.3 is 14.8 Å². The lowest BCUT2D eigenvalue weighted by Gasteiger charge is -2.15. The average Bonchev–Trinajstić information content (AvgIpc) is 3.11. The van der Waals surface area contributed by atoms with Crippen molar-refractivity contribution in [3.8, 4) is 5.88 Å². The summed E-state index contributed by atoms with van der Waals surface area (Å²) in [6.07, 6.45) is 0.921. The second-order valence-corrected chi connectivity index (χ2v) is 9.20. The van der Waals surface area contributed by atoms with Crippen molar-refractivity contribution in [1.82, 2.24) is 19.1 Å². The summed E-state index contributed by atoms with van der Waals surface area (Å²) in [5.74, 6) is -2.34. The minimum atomic E-state index is -1.31. The van der Waals surface area contributed by atoms with Crippen LogP contribution in [0.15, 0.2) is 52.3 Å². The van der Waals surface area contributed by atoms with Gasteiger partial charge in [0, 0.05) is 11.6 Å². The lowest BCUT2D eigenvalue weighted by atomic mass is 10.1. The molecule has 0 fully saturated rings. The number of hydrogen-bond donors (Lipinski definition) is 2. The molecule has 2 aromatic carbocycles. The van der Waals surface area contributed by atoms with Crippen LogP contribution in [0.1, 0.15) is 36.2 Å². The van der Waals surface area contributed by atoms with Crippen molar-refractivity contribution >= 4 is 28.5 Å². The molecule has 12 heteroatoms. The number of halogens is 3. The molecule has 0 spiro atoms. The third-order valence-electron chi connectivity index (χ3n) is 5.26. The van der Waals surface area contributed by atoms with Crippen LogP contribution >= 0.6 is 11.6 Å². The van der Waals surface area contributed by atoms with Gasteiger partial charge in [0.25, 0.3) is 5.56 Å². The molecule has 0 unspecified atom stereocenters. The van der Waals surface area contributed by atoms with Crippen molar-refractivity contribution in [1.29, 1.82) is 0 Å². The highest BCUT2D eigenvalue weighted by Crippen LogP contribution is 2.20. The third kappa shape index (κ3) is 5.37. The molecule has 0 aliphatic heterocycles. The Morgan fingerprint density at radius 2 is 1.94 bits per heavy atom. The fourth-order valence-corrected chi connectivity index (χ4v) is 3.80. The number of carbonyl (C=O) groups is 1. The minimum Gasteiger partial charge on any atom is -0.471 e. The van der Waals surface area contributed by atoms with Gasteiger partial charge in [0.15, 0.2) is 5.02 Å². The fraction of sp³-hybridized carbons (Fsp3) is 0.250. The fourth-order valence-electron chi connectivity index (χ4n) is 3.59. The average molecular weight is 519 g/mol. The number of aliphatic hydroxyl groups is 1. The second-order valence-electron chi connectivity index (χ2n) is 8.82. The molecule has 0 aliphatic rings. The molecule has 0 saturated carbocycles. The molecule has 2 N–H and O–H groups in total. The van der Waals surface area contributed by atoms with Crippen molar-refractivity contribution in [2.75, 3.05) is 0 Å². The molecule has 0 radical (unpaired) electrons. The van der Waals surface area contributed by atoms with E-state index >= 15 is 0 Å². The van der Waals surface area contributed by atoms with Crippen LogP contribution in [0.3, 0.4) is 0 Å². The zero-order valence-corrected chi connectivity index (χ0v) is 20.0. The van der Waals surface area contributed by atoms with Crippen molar-refractivity contribution in [3.63, 3.8) is 0 Å². The Bertz CT molecular complexity index is 1590. The lowest BCUT2D eigenvalue weighted by molar-refractivity contribution is 0.0531. The molecule has 0 amide bonds. The highest BCUT2D eigenvalue weighted by atomic mass is 35.5. The van der Waals surface area contributed by atoms with Crippen molar-refractivity contribution in [2.24, 2.45) is 0 Å². The van der Waals surface area contributed by atoms with Gasteiger partial charge in [-0.2, -0.15) is 0 Å². The van der Waals surface area contributed by atoms with E-state index in [0.717, 1.165) is 10.6 Å². The van der Waals surface area contributed by atoms with Crippen LogP contribution in [-0.2, 0) is 13.2 Å². The van der Waals surface area contributed by atoms with Gasteiger partial charge in [-0.25, -0.2) is 23.1 Å². The molecule has 2 heterocycles. The Morgan fingerprint density at radius 1 is 1.19 bits per heavy atom. The molecule has 4 rings (SSSR count). The summed E-state index contributed by atoms with van der Waals surface area (Å²) in [5.41, 5.74) is -1.26. The number of aromatic amines is 1. The van der Waals surface area contributed by atoms with Gasteiger partial charge >= 0.3 is 5.69 Å². The Kier molecular flexibility index (Phi) is 6.79. The lowest BCUT2D eigenvalue weighted by Crippen LogP contribution is -2.31. The topological polar surface area (TPSA) is 119 Å². The normalized spacial score (nSPS) is 11.7. The van der Waals surface area contributed by atoms with E-state index in [0.29, 0.717) is 22.7 Å². The Balaban J connectivity index is 1.58. The monoisotopic (exact) mass is 518 g/mol. The summed E-state index contributed by atoms with van der Waals surface area (Å²) >= 11 is 6.13. The number of imidazole rings is 1. The van der Waals surface area contributed by atoms with E-state index in [1.165, 1.54) is 30.8 Å². The van der Waals surface area contributed by atoms with Gasteiger partial charge in [-0.05, 0) is 43.7 Å². The third-order valence-corrected chi connectivity index (χ3v) is 5.59. The van der Waals surface area contributed by atoms with Crippen LogP contribution in [-0.4, -0.2) is 35.7 Å². The first-order valence-electron chi connectivity index (χ1n) is 10.7. The van der Waals surface area contributed by atoms with Gasteiger partial charge in [-0.1, -0.05) is 17.7 Å². The Morgan fingerprint density at radius 3 is 2.64 bits per heavy atom. The van der Waals surface area contributed by atoms with E-state index in [1.54, 1.807) is 18.2 Å². The first kappa shape index (κ1) is 25.3. The summed E-state index contributed by atoms with van der Waals surface area (Å²) in [6, 6.07) is 7.82. The number of rotatable bonds is 7. The molecule has 0 atom stereocenters. The number of H-pyrrole nitrogens is 1. The number of aromatic nitrogens is 4. The maximum atomic E-state index is 13.8. The summed E-state index contributed by atoms with van der Waals surface area (Å²) in [7, 11) is 0. The van der Waals surface area contributed by atoms with E-state index in [1.807, 2.05) is 0 Å². The largest absolute Gasteiger partial charge is 0.471 e. The number of benzene rings is 2. The zero-order valence-electron chi connectivity index (χ0n) is 19.2. The maximum absolute atomic E-state index is 13.8. The van der Waals surface area contributed by atoms with Crippen LogP contribution in [0.5, 0.6) is 5.88 Å². The molecule has 0 saturated heterocycles. The number of carbonyl (C=O) groups excluding carboxylic acids is 1. The van der Waals surface area contributed by atoms with E-state index in [4.69, 9.17) is 16.3 Å². The standard InChI is InChI=1S/C24H21ClF2N4O5/c1-24(2,35)9-19(32)31-18-7-13(3-6-17(18)29-23(31)34)10-30-12-28-21(20(25)22(30)33)36-11-14-4-5-15(26)8-16(14)27/h3-8,12,35H,9-11H2,1-2H3,(H,29,34). The van der Waals surface area contributed by atoms with Crippen LogP contribution in [0.2, 0.25) is 5.02 Å². The van der Waals surface area contributed by atoms with E-state index < -0.39 is 34.4 Å². The van der Waals surface area contributed by atoms with Crippen molar-refractivity contribution in [3.05, 3.63) is 91.3 Å². The van der Waals surface area contributed by atoms with Gasteiger partial charge in [-0.3, -0.25) is 14.2 Å². The van der Waals surface area contributed by atoms with Crippen molar-refractivity contribution < 1.29 is 23.4 Å². The summed E-state index contributed by atoms with van der Waals surface area (Å²) in [4.78, 5) is 44.3. The zero-order chi connectivity index (χ0) is 26.2. The number of fused-ring (bicyclic) bond motifs is 1. The predicted molar refractivity (Wildman–Crippen MR) is 127 cm³/mol. The quantitative estimate of drug-likeness (QED) is 0.387. The number of nitrogens with zero attached hydrogens (tertiary/aromatic N) is 3. The Labute approximate surface area is 207 Å². The van der Waals surface area contributed by atoms with E-state index in [9.17, 15) is 28.3 Å². The van der Waals surface area contributed by atoms with E-state index in [-0.39, 0.29) is 36.0 Å². The van der Waals surface area contributed by atoms with Gasteiger partial charge in [-0.15, -0.1) is 0 Å². The molecule has 2 aromatic heterocycles. The van der Waals surface area contributed by atoms with E-state index in [2.05, 4.69) is 9.97 Å². The summed E-state index contributed by atoms with van der Waals surface area (Å²) < 4.78 is 34.4. The molecule has 9 nitrogen and oxygen atoms in total. The molecular weight excluding hydrogens is 498 g/mol. The molecule has 0 bridgehead atoms. The summed E-state index contributed by atoms with van der Waals surface area (Å²) in [6.45, 7) is 2.61. The van der Waals surface area contributed by atoms with Crippen LogP contribution in [0, 0.1) is 11.6 Å². The highest BCUT2D eigenvalue weighted by Gasteiger charge is 2.22. The van der Waals surface area contributed by atoms with Gasteiger partial charge in [0.1, 0.15) is 24.6 Å². The van der Waals surface area contributed by atoms with Gasteiger partial charge in [0.2, 0.25) is 11.8 Å². The molecule has 36 heavy (non-hydrogen) atoms. The molecular formula is C24H21ClF2N4O5. The van der Waals surface area contributed by atoms with Gasteiger partial charge in [0.05, 0.1) is 29.6 Å². The van der Waals surface area contributed by atoms with Crippen molar-refractivity contribution in [2.45, 2.75) is 39.0 Å². The minimum absolute atomic E-state index is 0.00736. The molecule has 188 valence electrons. The Hall–Kier alpha value is -3.83. The number of hydrogen-bond acceptors (Lipinski definition) is 6. The first-order valence-corrected chi connectivity index (χ1v) is 11.1. The van der Waals surface area contributed by atoms with Crippen LogP contribution in [0.4, 0.5) is 8.78 Å². The second kappa shape index (κ2) is 9.67. The SMILES string of the molecule is CC(C)(O)CC(=O)n1c(=O)[nH]c2ccc(Cn3cnc(OCc4ccc(F)cc4F)c(Cl)c3=O)cc21. The predicted octanol–water partition coefficient (Wildman–Crippen LogP) is 3.25. The summed E-state index contributed by atoms with van der Waals surface area (Å²) in [5, 5.41) is 9.62. The van der Waals surface area contributed by atoms with Crippen LogP contribution in [0.25, 0.3) is 11.0 Å². The highest BCUT2D eigenvalue weighted by molar-refractivity contribution is 6.31. The molecule has 4 aromatic rings. The molecule has 0 aliphatic carbocycles. The maximum Gasteiger partial charge on any atom is 0.333 e. The smallest absolute Gasteiger partial charge is 0.333 e. The number of nitrogens with one attached hydrogen (secondary N) is 1. The number of ether oxygens (including phenoxy) is 1.